The molecule has 0 amide bonds. The highest BCUT2D eigenvalue weighted by Crippen LogP contribution is 2.18. The van der Waals surface area contributed by atoms with Gasteiger partial charge in [0, 0.05) is 0 Å². The van der Waals surface area contributed by atoms with Crippen LogP contribution < -0.4 is 0 Å². The van der Waals surface area contributed by atoms with Gasteiger partial charge in [-0.15, -0.1) is 0 Å². The summed E-state index contributed by atoms with van der Waals surface area (Å²) in [7, 11) is 0. The van der Waals surface area contributed by atoms with Crippen LogP contribution in [0.2, 0.25) is 0 Å². The first-order valence-electron chi connectivity index (χ1n) is 4.13. The second kappa shape index (κ2) is 3.96. The Morgan fingerprint density at radius 3 is 2.75 bits per heavy atom. The molecule has 12 heavy (non-hydrogen) atoms. The minimum atomic E-state index is 0.396. The number of benzene rings is 1. The van der Waals surface area contributed by atoms with Crippen molar-refractivity contribution in [2.75, 3.05) is 0 Å². The maximum Gasteiger partial charge on any atom is 0.119 e. The first kappa shape index (κ1) is 8.85. The number of aromatic hydroxyl groups is 1. The van der Waals surface area contributed by atoms with Crippen molar-refractivity contribution in [1.82, 2.24) is 0 Å². The van der Waals surface area contributed by atoms with Crippen LogP contribution >= 0.6 is 0 Å². The standard InChI is InChI=1S/C11H14O/c1-3-4-5-10-7-6-9(2)8-11(10)12/h3-4,6-8,12H,5H2,1-2H3. The highest BCUT2D eigenvalue weighted by Gasteiger charge is 1.97. The van der Waals surface area contributed by atoms with Crippen molar-refractivity contribution in [3.05, 3.63) is 41.5 Å². The Morgan fingerprint density at radius 2 is 2.17 bits per heavy atom. The summed E-state index contributed by atoms with van der Waals surface area (Å²) in [6.45, 7) is 3.95. The van der Waals surface area contributed by atoms with Crippen LogP contribution in [0.25, 0.3) is 0 Å². The van der Waals surface area contributed by atoms with Gasteiger partial charge in [-0.25, -0.2) is 0 Å². The van der Waals surface area contributed by atoms with Crippen LogP contribution in [0.4, 0.5) is 0 Å². The van der Waals surface area contributed by atoms with E-state index in [2.05, 4.69) is 0 Å². The quantitative estimate of drug-likeness (QED) is 0.663. The molecular formula is C11H14O. The van der Waals surface area contributed by atoms with E-state index in [1.807, 2.05) is 38.1 Å². The summed E-state index contributed by atoms with van der Waals surface area (Å²) in [6, 6.07) is 5.77. The third kappa shape index (κ3) is 2.12. The summed E-state index contributed by atoms with van der Waals surface area (Å²) in [5.74, 6) is 0.396. The Balaban J connectivity index is 2.86. The fourth-order valence-electron chi connectivity index (χ4n) is 1.09. The van der Waals surface area contributed by atoms with Gasteiger partial charge in [-0.3, -0.25) is 0 Å². The lowest BCUT2D eigenvalue weighted by Gasteiger charge is -2.01. The topological polar surface area (TPSA) is 20.2 Å². The molecule has 1 aromatic carbocycles. The van der Waals surface area contributed by atoms with Gasteiger partial charge >= 0.3 is 0 Å². The van der Waals surface area contributed by atoms with Gasteiger partial charge in [0.2, 0.25) is 0 Å². The maximum absolute atomic E-state index is 9.48. The zero-order valence-corrected chi connectivity index (χ0v) is 7.54. The van der Waals surface area contributed by atoms with Gasteiger partial charge in [0.05, 0.1) is 0 Å². The Labute approximate surface area is 73.4 Å². The van der Waals surface area contributed by atoms with Gasteiger partial charge in [0.15, 0.2) is 0 Å². The van der Waals surface area contributed by atoms with Crippen LogP contribution in [0.5, 0.6) is 5.75 Å². The highest BCUT2D eigenvalue weighted by atomic mass is 16.3. The first-order valence-corrected chi connectivity index (χ1v) is 4.13. The predicted octanol–water partition coefficient (Wildman–Crippen LogP) is 2.82. The molecule has 1 rings (SSSR count). The number of phenolic OH excluding ortho intramolecular Hbond substituents is 1. The Bertz CT molecular complexity index is 287. The van der Waals surface area contributed by atoms with Gasteiger partial charge < -0.3 is 5.11 Å². The summed E-state index contributed by atoms with van der Waals surface area (Å²) >= 11 is 0. The average Bonchev–Trinajstić information content (AvgIpc) is 2.03. The normalized spacial score (nSPS) is 10.8. The van der Waals surface area contributed by atoms with Gasteiger partial charge in [-0.05, 0) is 37.5 Å². The van der Waals surface area contributed by atoms with Crippen LogP contribution in [0.15, 0.2) is 30.4 Å². The molecule has 1 nitrogen and oxygen atoms in total. The molecule has 1 heteroatoms. The molecule has 0 aliphatic carbocycles. The maximum atomic E-state index is 9.48. The fraction of sp³-hybridized carbons (Fsp3) is 0.273. The molecule has 1 N–H and O–H groups in total. The third-order valence-electron chi connectivity index (χ3n) is 1.81. The van der Waals surface area contributed by atoms with E-state index in [-0.39, 0.29) is 0 Å². The van der Waals surface area contributed by atoms with E-state index in [1.54, 1.807) is 6.07 Å². The molecule has 0 radical (unpaired) electrons. The van der Waals surface area contributed by atoms with Gasteiger partial charge in [0.25, 0.3) is 0 Å². The van der Waals surface area contributed by atoms with E-state index in [0.29, 0.717) is 5.75 Å². The Kier molecular flexibility index (Phi) is 2.92. The summed E-state index contributed by atoms with van der Waals surface area (Å²) in [6.07, 6.45) is 4.83. The van der Waals surface area contributed by atoms with Crippen LogP contribution in [0.1, 0.15) is 18.1 Å². The number of hydrogen-bond donors (Lipinski definition) is 1. The second-order valence-electron chi connectivity index (χ2n) is 2.91. The number of rotatable bonds is 2. The Morgan fingerprint density at radius 1 is 1.42 bits per heavy atom. The molecule has 1 aromatic rings. The van der Waals surface area contributed by atoms with Crippen LogP contribution in [-0.2, 0) is 6.42 Å². The monoisotopic (exact) mass is 162 g/mol. The number of allylic oxidation sites excluding steroid dienone is 2. The molecule has 0 atom stereocenters. The lowest BCUT2D eigenvalue weighted by atomic mass is 10.1. The van der Waals surface area contributed by atoms with Crippen molar-refractivity contribution >= 4 is 0 Å². The number of hydrogen-bond acceptors (Lipinski definition) is 1. The van der Waals surface area contributed by atoms with Crippen molar-refractivity contribution in [3.63, 3.8) is 0 Å². The molecule has 0 aliphatic heterocycles. The zero-order chi connectivity index (χ0) is 8.97. The molecule has 0 saturated heterocycles. The molecule has 0 fully saturated rings. The van der Waals surface area contributed by atoms with Crippen LogP contribution in [0, 0.1) is 6.92 Å². The summed E-state index contributed by atoms with van der Waals surface area (Å²) < 4.78 is 0. The van der Waals surface area contributed by atoms with Crippen molar-refractivity contribution in [2.24, 2.45) is 0 Å². The SMILES string of the molecule is CC=CCc1ccc(C)cc1O. The smallest absolute Gasteiger partial charge is 0.119 e. The van der Waals surface area contributed by atoms with E-state index in [9.17, 15) is 5.11 Å². The summed E-state index contributed by atoms with van der Waals surface area (Å²) in [5.41, 5.74) is 2.08. The predicted molar refractivity (Wildman–Crippen MR) is 51.4 cm³/mol. The molecule has 0 heterocycles. The van der Waals surface area contributed by atoms with Gasteiger partial charge in [0.1, 0.15) is 5.75 Å². The summed E-state index contributed by atoms with van der Waals surface area (Å²) in [5, 5.41) is 9.48. The second-order valence-corrected chi connectivity index (χ2v) is 2.91. The van der Waals surface area contributed by atoms with Crippen LogP contribution in [0.3, 0.4) is 0 Å². The fourth-order valence-corrected chi connectivity index (χ4v) is 1.09. The molecule has 64 valence electrons. The molecule has 0 aliphatic rings. The highest BCUT2D eigenvalue weighted by molar-refractivity contribution is 5.36. The van der Waals surface area contributed by atoms with E-state index in [0.717, 1.165) is 17.5 Å². The molecule has 0 saturated carbocycles. The van der Waals surface area contributed by atoms with Gasteiger partial charge in [-0.2, -0.15) is 0 Å². The molecular weight excluding hydrogens is 148 g/mol. The van der Waals surface area contributed by atoms with Crippen molar-refractivity contribution in [3.8, 4) is 5.75 Å². The lowest BCUT2D eigenvalue weighted by Crippen LogP contribution is -1.82. The van der Waals surface area contributed by atoms with E-state index < -0.39 is 0 Å². The van der Waals surface area contributed by atoms with Gasteiger partial charge in [-0.1, -0.05) is 24.3 Å². The third-order valence-corrected chi connectivity index (χ3v) is 1.81. The minimum Gasteiger partial charge on any atom is -0.508 e. The minimum absolute atomic E-state index is 0.396. The molecule has 0 bridgehead atoms. The lowest BCUT2D eigenvalue weighted by molar-refractivity contribution is 0.469. The van der Waals surface area contributed by atoms with Crippen molar-refractivity contribution in [2.45, 2.75) is 20.3 Å². The first-order chi connectivity index (χ1) is 5.74. The largest absolute Gasteiger partial charge is 0.508 e. The zero-order valence-electron chi connectivity index (χ0n) is 7.54. The van der Waals surface area contributed by atoms with Crippen LogP contribution in [-0.4, -0.2) is 5.11 Å². The summed E-state index contributed by atoms with van der Waals surface area (Å²) in [4.78, 5) is 0. The Hall–Kier alpha value is -1.24. The van der Waals surface area contributed by atoms with E-state index in [1.165, 1.54) is 0 Å². The van der Waals surface area contributed by atoms with Crippen molar-refractivity contribution in [1.29, 1.82) is 0 Å². The molecule has 0 unspecified atom stereocenters. The molecule has 0 aromatic heterocycles. The average molecular weight is 162 g/mol. The number of phenols is 1. The van der Waals surface area contributed by atoms with E-state index >= 15 is 0 Å². The van der Waals surface area contributed by atoms with E-state index in [4.69, 9.17) is 0 Å². The van der Waals surface area contributed by atoms with Crippen molar-refractivity contribution < 1.29 is 5.11 Å². The number of aryl methyl sites for hydroxylation is 1. The molecule has 0 spiro atoms.